The summed E-state index contributed by atoms with van der Waals surface area (Å²) >= 11 is 0. The molecule has 1 aliphatic heterocycles. The van der Waals surface area contributed by atoms with E-state index in [-0.39, 0.29) is 29.4 Å². The quantitative estimate of drug-likeness (QED) is 0.443. The molecule has 0 radical (unpaired) electrons. The Kier molecular flexibility index (Phi) is 6.05. The lowest BCUT2D eigenvalue weighted by Crippen LogP contribution is -2.42. The summed E-state index contributed by atoms with van der Waals surface area (Å²) in [5, 5.41) is 16.4. The van der Waals surface area contributed by atoms with E-state index >= 15 is 0 Å². The predicted octanol–water partition coefficient (Wildman–Crippen LogP) is 3.53. The minimum Gasteiger partial charge on any atom is -0.323 e. The summed E-state index contributed by atoms with van der Waals surface area (Å²) in [5.41, 5.74) is 2.16. The Morgan fingerprint density at radius 2 is 1.88 bits per heavy atom. The molecule has 0 bridgehead atoms. The van der Waals surface area contributed by atoms with Crippen LogP contribution in [0.1, 0.15) is 38.8 Å². The van der Waals surface area contributed by atoms with Crippen LogP contribution in [0.3, 0.4) is 0 Å². The van der Waals surface area contributed by atoms with Gasteiger partial charge in [0.2, 0.25) is 5.91 Å². The molecule has 3 amide bonds. The van der Waals surface area contributed by atoms with E-state index in [0.717, 1.165) is 5.56 Å². The SMILES string of the molecule is Cc1ccc(NC(=O)c2ccc(CN3C(=O)c4ccc([N+](=O)[O-])cc4NC(=O)C3C)cc2)nc1. The van der Waals surface area contributed by atoms with Crippen LogP contribution in [-0.2, 0) is 11.3 Å². The highest BCUT2D eigenvalue weighted by Gasteiger charge is 2.33. The standard InChI is InChI=1S/C24H21N5O5/c1-14-3-10-21(25-12-14)27-23(31)17-6-4-16(5-7-17)13-28-15(2)22(30)26-20-11-18(29(33)34)8-9-19(20)24(28)32/h3-12,15H,13H2,1-2H3,(H,26,30)(H,25,27,31). The maximum absolute atomic E-state index is 13.2. The number of fused-ring (bicyclic) bond motifs is 1. The molecule has 4 rings (SSSR count). The molecular weight excluding hydrogens is 438 g/mol. The Balaban J connectivity index is 1.52. The van der Waals surface area contributed by atoms with Gasteiger partial charge in [-0.2, -0.15) is 0 Å². The van der Waals surface area contributed by atoms with Gasteiger partial charge in [0.05, 0.1) is 16.2 Å². The average Bonchev–Trinajstić information content (AvgIpc) is 2.91. The topological polar surface area (TPSA) is 135 Å². The molecule has 0 aliphatic carbocycles. The number of benzene rings is 2. The van der Waals surface area contributed by atoms with Crippen LogP contribution in [0.2, 0.25) is 0 Å². The number of pyridine rings is 1. The average molecular weight is 459 g/mol. The second-order valence-corrected chi connectivity index (χ2v) is 7.96. The van der Waals surface area contributed by atoms with E-state index < -0.39 is 22.8 Å². The Hall–Kier alpha value is -4.60. The molecule has 10 nitrogen and oxygen atoms in total. The van der Waals surface area contributed by atoms with Crippen LogP contribution in [0.5, 0.6) is 0 Å². The van der Waals surface area contributed by atoms with Gasteiger partial charge in [0, 0.05) is 30.4 Å². The predicted molar refractivity (Wildman–Crippen MR) is 124 cm³/mol. The fraction of sp³-hybridized carbons (Fsp3) is 0.167. The van der Waals surface area contributed by atoms with E-state index in [0.29, 0.717) is 16.9 Å². The first-order chi connectivity index (χ1) is 16.2. The molecule has 2 N–H and O–H groups in total. The van der Waals surface area contributed by atoms with Crippen LogP contribution in [0.4, 0.5) is 17.2 Å². The van der Waals surface area contributed by atoms with Gasteiger partial charge in [-0.05, 0) is 49.2 Å². The van der Waals surface area contributed by atoms with Gasteiger partial charge >= 0.3 is 0 Å². The number of rotatable bonds is 5. The third-order valence-electron chi connectivity index (χ3n) is 5.53. The lowest BCUT2D eigenvalue weighted by Gasteiger charge is -2.26. The zero-order valence-electron chi connectivity index (χ0n) is 18.4. The van der Waals surface area contributed by atoms with Gasteiger partial charge in [-0.15, -0.1) is 0 Å². The molecule has 1 aromatic heterocycles. The molecule has 1 aliphatic rings. The fourth-order valence-electron chi connectivity index (χ4n) is 3.54. The van der Waals surface area contributed by atoms with Crippen molar-refractivity contribution in [2.45, 2.75) is 26.4 Å². The minimum absolute atomic E-state index is 0.107. The van der Waals surface area contributed by atoms with Gasteiger partial charge in [-0.3, -0.25) is 24.5 Å². The first-order valence-corrected chi connectivity index (χ1v) is 10.5. The summed E-state index contributed by atoms with van der Waals surface area (Å²) in [5.74, 6) is -0.761. The first kappa shape index (κ1) is 22.6. The molecule has 172 valence electrons. The van der Waals surface area contributed by atoms with Gasteiger partial charge in [-0.25, -0.2) is 4.98 Å². The van der Waals surface area contributed by atoms with Crippen molar-refractivity contribution in [2.24, 2.45) is 0 Å². The largest absolute Gasteiger partial charge is 0.323 e. The Labute approximate surface area is 194 Å². The van der Waals surface area contributed by atoms with Crippen molar-refractivity contribution in [3.63, 3.8) is 0 Å². The summed E-state index contributed by atoms with van der Waals surface area (Å²) < 4.78 is 0. The number of nitro groups is 1. The van der Waals surface area contributed by atoms with Gasteiger partial charge in [0.15, 0.2) is 0 Å². The maximum Gasteiger partial charge on any atom is 0.271 e. The summed E-state index contributed by atoms with van der Waals surface area (Å²) in [6.07, 6.45) is 1.66. The van der Waals surface area contributed by atoms with E-state index in [1.807, 2.05) is 13.0 Å². The number of hydrogen-bond donors (Lipinski definition) is 2. The summed E-state index contributed by atoms with van der Waals surface area (Å²) in [7, 11) is 0. The molecule has 0 saturated carbocycles. The van der Waals surface area contributed by atoms with Crippen molar-refractivity contribution in [3.8, 4) is 0 Å². The molecule has 1 atom stereocenters. The van der Waals surface area contributed by atoms with Crippen molar-refractivity contribution in [3.05, 3.63) is 93.2 Å². The molecule has 10 heteroatoms. The van der Waals surface area contributed by atoms with Crippen LogP contribution in [-0.4, -0.2) is 38.6 Å². The van der Waals surface area contributed by atoms with Crippen LogP contribution in [0, 0.1) is 17.0 Å². The molecule has 0 fully saturated rings. The number of nitrogens with zero attached hydrogens (tertiary/aromatic N) is 3. The van der Waals surface area contributed by atoms with Gasteiger partial charge in [-0.1, -0.05) is 18.2 Å². The number of nitrogens with one attached hydrogen (secondary N) is 2. The van der Waals surface area contributed by atoms with Crippen molar-refractivity contribution in [1.29, 1.82) is 0 Å². The molecular formula is C24H21N5O5. The Bertz CT molecular complexity index is 1290. The van der Waals surface area contributed by atoms with E-state index in [1.165, 1.54) is 23.1 Å². The van der Waals surface area contributed by atoms with Crippen LogP contribution < -0.4 is 10.6 Å². The van der Waals surface area contributed by atoms with Gasteiger partial charge < -0.3 is 15.5 Å². The van der Waals surface area contributed by atoms with E-state index in [9.17, 15) is 24.5 Å². The van der Waals surface area contributed by atoms with Crippen molar-refractivity contribution in [2.75, 3.05) is 10.6 Å². The highest BCUT2D eigenvalue weighted by molar-refractivity contribution is 6.10. The fourth-order valence-corrected chi connectivity index (χ4v) is 3.54. The second kappa shape index (κ2) is 9.10. The van der Waals surface area contributed by atoms with Gasteiger partial charge in [0.25, 0.3) is 17.5 Å². The van der Waals surface area contributed by atoms with Crippen LogP contribution >= 0.6 is 0 Å². The zero-order chi connectivity index (χ0) is 24.4. The van der Waals surface area contributed by atoms with Crippen LogP contribution in [0.15, 0.2) is 60.8 Å². The Morgan fingerprint density at radius 3 is 2.53 bits per heavy atom. The zero-order valence-corrected chi connectivity index (χ0v) is 18.4. The lowest BCUT2D eigenvalue weighted by atomic mass is 10.1. The summed E-state index contributed by atoms with van der Waals surface area (Å²) in [6.45, 7) is 3.61. The highest BCUT2D eigenvalue weighted by Crippen LogP contribution is 2.28. The molecule has 3 aromatic rings. The van der Waals surface area contributed by atoms with Crippen LogP contribution in [0.25, 0.3) is 0 Å². The molecule has 34 heavy (non-hydrogen) atoms. The number of anilines is 2. The molecule has 0 spiro atoms. The number of hydrogen-bond acceptors (Lipinski definition) is 6. The number of carbonyl (C=O) groups is 3. The van der Waals surface area contributed by atoms with Crippen molar-refractivity contribution >= 4 is 34.9 Å². The third-order valence-corrected chi connectivity index (χ3v) is 5.53. The first-order valence-electron chi connectivity index (χ1n) is 10.5. The highest BCUT2D eigenvalue weighted by atomic mass is 16.6. The second-order valence-electron chi connectivity index (χ2n) is 7.96. The third kappa shape index (κ3) is 4.60. The number of amides is 3. The lowest BCUT2D eigenvalue weighted by molar-refractivity contribution is -0.384. The van der Waals surface area contributed by atoms with Crippen molar-refractivity contribution in [1.82, 2.24) is 9.88 Å². The normalized spacial score (nSPS) is 15.2. The summed E-state index contributed by atoms with van der Waals surface area (Å²) in [6, 6.07) is 13.2. The molecule has 2 heterocycles. The number of aryl methyl sites for hydroxylation is 1. The Morgan fingerprint density at radius 1 is 1.15 bits per heavy atom. The number of carbonyl (C=O) groups excluding carboxylic acids is 3. The maximum atomic E-state index is 13.2. The smallest absolute Gasteiger partial charge is 0.271 e. The van der Waals surface area contributed by atoms with Crippen molar-refractivity contribution < 1.29 is 19.3 Å². The number of non-ortho nitro benzene ring substituents is 1. The van der Waals surface area contributed by atoms with E-state index in [2.05, 4.69) is 15.6 Å². The molecule has 0 saturated heterocycles. The monoisotopic (exact) mass is 459 g/mol. The van der Waals surface area contributed by atoms with E-state index in [1.54, 1.807) is 43.5 Å². The molecule has 2 aromatic carbocycles. The molecule has 1 unspecified atom stereocenters. The number of aromatic nitrogens is 1. The number of nitro benzene ring substituents is 1. The minimum atomic E-state index is -0.811. The van der Waals surface area contributed by atoms with Gasteiger partial charge in [0.1, 0.15) is 11.9 Å². The van der Waals surface area contributed by atoms with E-state index in [4.69, 9.17) is 0 Å². The summed E-state index contributed by atoms with van der Waals surface area (Å²) in [4.78, 5) is 54.3.